The van der Waals surface area contributed by atoms with Crippen LogP contribution < -0.4 is 5.32 Å². The van der Waals surface area contributed by atoms with Crippen molar-refractivity contribution in [1.82, 2.24) is 24.7 Å². The van der Waals surface area contributed by atoms with E-state index < -0.39 is 0 Å². The van der Waals surface area contributed by atoms with Crippen LogP contribution >= 0.6 is 0 Å². The number of nitrogens with one attached hydrogen (secondary N) is 1. The average Bonchev–Trinajstić information content (AvgIpc) is 3.18. The first-order valence-electron chi connectivity index (χ1n) is 9.26. The van der Waals surface area contributed by atoms with Crippen molar-refractivity contribution in [1.29, 1.82) is 0 Å². The van der Waals surface area contributed by atoms with Gasteiger partial charge in [0.25, 0.3) is 0 Å². The van der Waals surface area contributed by atoms with Gasteiger partial charge in [0.2, 0.25) is 0 Å². The zero-order chi connectivity index (χ0) is 19.3. The number of nitrogens with zero attached hydrogens (tertiary/aromatic N) is 5. The third kappa shape index (κ3) is 4.23. The highest BCUT2D eigenvalue weighted by Gasteiger charge is 2.11. The zero-order valence-electron chi connectivity index (χ0n) is 15.9. The summed E-state index contributed by atoms with van der Waals surface area (Å²) in [4.78, 5) is 13.3. The van der Waals surface area contributed by atoms with Gasteiger partial charge in [-0.05, 0) is 31.5 Å². The Labute approximate surface area is 164 Å². The smallest absolute Gasteiger partial charge is 0.163 e. The first kappa shape index (κ1) is 17.9. The van der Waals surface area contributed by atoms with E-state index in [9.17, 15) is 0 Å². The average molecular weight is 370 g/mol. The molecule has 1 N–H and O–H groups in total. The molecule has 0 bridgehead atoms. The van der Waals surface area contributed by atoms with E-state index in [0.29, 0.717) is 5.82 Å². The maximum Gasteiger partial charge on any atom is 0.163 e. The molecule has 0 amide bonds. The molecular formula is C22H22N6. The monoisotopic (exact) mass is 370 g/mol. The molecule has 0 saturated carbocycles. The Kier molecular flexibility index (Phi) is 5.10. The fraction of sp³-hybridized carbons (Fsp3) is 0.182. The Bertz CT molecular complexity index is 1040. The van der Waals surface area contributed by atoms with Gasteiger partial charge in [-0.25, -0.2) is 9.97 Å². The van der Waals surface area contributed by atoms with Crippen LogP contribution in [0.25, 0.3) is 11.4 Å². The quantitative estimate of drug-likeness (QED) is 0.549. The van der Waals surface area contributed by atoms with Crippen LogP contribution in [0.4, 0.5) is 5.82 Å². The summed E-state index contributed by atoms with van der Waals surface area (Å²) >= 11 is 0. The topological polar surface area (TPSA) is 68.5 Å². The van der Waals surface area contributed by atoms with Crippen LogP contribution in [0.15, 0.2) is 73.3 Å². The normalized spacial score (nSPS) is 11.9. The van der Waals surface area contributed by atoms with Gasteiger partial charge in [-0.1, -0.05) is 30.3 Å². The Balaban J connectivity index is 1.49. The fourth-order valence-electron chi connectivity index (χ4n) is 3.03. The predicted octanol–water partition coefficient (Wildman–Crippen LogP) is 4.26. The molecule has 0 aliphatic rings. The van der Waals surface area contributed by atoms with Crippen LogP contribution in [0.3, 0.4) is 0 Å². The molecule has 0 fully saturated rings. The second kappa shape index (κ2) is 8.00. The predicted molar refractivity (Wildman–Crippen MR) is 110 cm³/mol. The molecule has 0 saturated heterocycles. The van der Waals surface area contributed by atoms with Crippen molar-refractivity contribution in [2.24, 2.45) is 0 Å². The minimum Gasteiger partial charge on any atom is -0.363 e. The second-order valence-electron chi connectivity index (χ2n) is 6.78. The number of benzene rings is 1. The summed E-state index contributed by atoms with van der Waals surface area (Å²) in [5.41, 5.74) is 4.14. The molecule has 0 radical (unpaired) electrons. The highest BCUT2D eigenvalue weighted by Crippen LogP contribution is 2.21. The maximum atomic E-state index is 4.65. The number of pyridine rings is 1. The molecule has 3 aromatic heterocycles. The molecule has 4 rings (SSSR count). The number of hydrogen-bond acceptors (Lipinski definition) is 5. The summed E-state index contributed by atoms with van der Waals surface area (Å²) in [5, 5.41) is 7.95. The van der Waals surface area contributed by atoms with Gasteiger partial charge in [-0.15, -0.1) is 0 Å². The molecule has 1 unspecified atom stereocenters. The lowest BCUT2D eigenvalue weighted by Crippen LogP contribution is -2.09. The minimum absolute atomic E-state index is 0.0700. The molecule has 0 spiro atoms. The van der Waals surface area contributed by atoms with Crippen molar-refractivity contribution in [3.8, 4) is 11.4 Å². The molecule has 0 aliphatic heterocycles. The van der Waals surface area contributed by atoms with Crippen LogP contribution in [0.5, 0.6) is 0 Å². The fourth-order valence-corrected chi connectivity index (χ4v) is 3.03. The van der Waals surface area contributed by atoms with Gasteiger partial charge in [0.05, 0.1) is 18.8 Å². The molecule has 140 valence electrons. The number of rotatable bonds is 6. The van der Waals surface area contributed by atoms with Gasteiger partial charge >= 0.3 is 0 Å². The van der Waals surface area contributed by atoms with Gasteiger partial charge < -0.3 is 5.32 Å². The first-order chi connectivity index (χ1) is 13.7. The lowest BCUT2D eigenvalue weighted by molar-refractivity contribution is 0.685. The first-order valence-corrected chi connectivity index (χ1v) is 9.26. The summed E-state index contributed by atoms with van der Waals surface area (Å²) < 4.78 is 1.95. The Hall–Kier alpha value is -3.54. The molecule has 3 heterocycles. The minimum atomic E-state index is 0.0700. The van der Waals surface area contributed by atoms with Crippen molar-refractivity contribution in [2.75, 3.05) is 5.32 Å². The number of aromatic nitrogens is 5. The number of aryl methyl sites for hydroxylation is 1. The maximum absolute atomic E-state index is 4.65. The second-order valence-corrected chi connectivity index (χ2v) is 6.78. The summed E-state index contributed by atoms with van der Waals surface area (Å²) in [6.45, 7) is 4.83. The largest absolute Gasteiger partial charge is 0.363 e. The number of anilines is 1. The van der Waals surface area contributed by atoms with E-state index in [4.69, 9.17) is 0 Å². The van der Waals surface area contributed by atoms with Crippen LogP contribution in [0.2, 0.25) is 0 Å². The van der Waals surface area contributed by atoms with Gasteiger partial charge in [0.1, 0.15) is 5.82 Å². The zero-order valence-corrected chi connectivity index (χ0v) is 15.9. The standard InChI is InChI=1S/C22H22N6/c1-16-11-21(27-22(25-16)19-9-6-10-23-12-19)26-17(2)20-13-24-28(15-20)14-18-7-4-3-5-8-18/h3-13,15,17H,14H2,1-2H3,(H,25,26,27). The molecule has 1 aromatic carbocycles. The van der Waals surface area contributed by atoms with E-state index in [2.05, 4.69) is 50.6 Å². The summed E-state index contributed by atoms with van der Waals surface area (Å²) in [7, 11) is 0. The van der Waals surface area contributed by atoms with Gasteiger partial charge in [-0.2, -0.15) is 5.10 Å². The van der Waals surface area contributed by atoms with E-state index in [1.807, 2.05) is 54.2 Å². The lowest BCUT2D eigenvalue weighted by atomic mass is 10.2. The molecule has 0 aliphatic carbocycles. The summed E-state index contributed by atoms with van der Waals surface area (Å²) in [6.07, 6.45) is 7.49. The van der Waals surface area contributed by atoms with Crippen molar-refractivity contribution < 1.29 is 0 Å². The molecule has 6 heteroatoms. The molecule has 4 aromatic rings. The van der Waals surface area contributed by atoms with Crippen molar-refractivity contribution in [3.63, 3.8) is 0 Å². The van der Waals surface area contributed by atoms with Crippen LogP contribution in [-0.4, -0.2) is 24.7 Å². The Morgan fingerprint density at radius 1 is 1.04 bits per heavy atom. The van der Waals surface area contributed by atoms with Gasteiger partial charge in [0.15, 0.2) is 5.82 Å². The summed E-state index contributed by atoms with van der Waals surface area (Å²) in [5.74, 6) is 1.46. The van der Waals surface area contributed by atoms with E-state index in [-0.39, 0.29) is 6.04 Å². The van der Waals surface area contributed by atoms with E-state index in [1.165, 1.54) is 5.56 Å². The molecule has 6 nitrogen and oxygen atoms in total. The van der Waals surface area contributed by atoms with Crippen molar-refractivity contribution in [2.45, 2.75) is 26.4 Å². The van der Waals surface area contributed by atoms with Crippen LogP contribution in [0.1, 0.15) is 29.8 Å². The molecular weight excluding hydrogens is 348 g/mol. The lowest BCUT2D eigenvalue weighted by Gasteiger charge is -2.14. The van der Waals surface area contributed by atoms with Crippen molar-refractivity contribution >= 4 is 5.82 Å². The van der Waals surface area contributed by atoms with Gasteiger partial charge in [0, 0.05) is 41.5 Å². The van der Waals surface area contributed by atoms with Crippen molar-refractivity contribution in [3.05, 3.63) is 90.1 Å². The van der Waals surface area contributed by atoms with Gasteiger partial charge in [-0.3, -0.25) is 9.67 Å². The number of hydrogen-bond donors (Lipinski definition) is 1. The SMILES string of the molecule is Cc1cc(NC(C)c2cnn(Cc3ccccc3)c2)nc(-c2cccnc2)n1. The third-order valence-corrected chi connectivity index (χ3v) is 4.48. The third-order valence-electron chi connectivity index (χ3n) is 4.48. The highest BCUT2D eigenvalue weighted by molar-refractivity contribution is 5.56. The molecule has 1 atom stereocenters. The van der Waals surface area contributed by atoms with E-state index in [1.54, 1.807) is 12.4 Å². The van der Waals surface area contributed by atoms with E-state index in [0.717, 1.165) is 29.2 Å². The molecule has 28 heavy (non-hydrogen) atoms. The Morgan fingerprint density at radius 2 is 1.89 bits per heavy atom. The highest BCUT2D eigenvalue weighted by atomic mass is 15.3. The van der Waals surface area contributed by atoms with Crippen LogP contribution in [-0.2, 0) is 6.54 Å². The van der Waals surface area contributed by atoms with Crippen LogP contribution in [0, 0.1) is 6.92 Å². The van der Waals surface area contributed by atoms with E-state index >= 15 is 0 Å². The summed E-state index contributed by atoms with van der Waals surface area (Å²) in [6, 6.07) is 16.2. The Morgan fingerprint density at radius 3 is 2.68 bits per heavy atom.